The SMILES string of the molecule is Cc1ccc(SCCNC(=O)[C@H](C)Sc2ccc(C)cc2)cc1. The lowest BCUT2D eigenvalue weighted by atomic mass is 10.2. The largest absolute Gasteiger partial charge is 0.354 e. The fourth-order valence-electron chi connectivity index (χ4n) is 2.00. The van der Waals surface area contributed by atoms with E-state index >= 15 is 0 Å². The van der Waals surface area contributed by atoms with Gasteiger partial charge in [-0.1, -0.05) is 35.4 Å². The number of hydrogen-bond donors (Lipinski definition) is 1. The number of aryl methyl sites for hydroxylation is 2. The minimum Gasteiger partial charge on any atom is -0.354 e. The standard InChI is InChI=1S/C19H23NOS2/c1-14-4-8-17(9-5-14)22-13-12-20-19(21)16(3)23-18-10-6-15(2)7-11-18/h4-11,16H,12-13H2,1-3H3,(H,20,21)/t16-/m0/s1. The van der Waals surface area contributed by atoms with Crippen LogP contribution in [-0.2, 0) is 4.79 Å². The molecular formula is C19H23NOS2. The highest BCUT2D eigenvalue weighted by Gasteiger charge is 2.13. The zero-order valence-electron chi connectivity index (χ0n) is 13.8. The third kappa shape index (κ3) is 6.32. The molecule has 23 heavy (non-hydrogen) atoms. The Balaban J connectivity index is 1.69. The van der Waals surface area contributed by atoms with Crippen molar-refractivity contribution in [2.45, 2.75) is 35.8 Å². The van der Waals surface area contributed by atoms with Gasteiger partial charge in [0.2, 0.25) is 5.91 Å². The number of hydrogen-bond acceptors (Lipinski definition) is 3. The predicted octanol–water partition coefficient (Wildman–Crippen LogP) is 4.69. The Bertz CT molecular complexity index is 623. The van der Waals surface area contributed by atoms with Crippen molar-refractivity contribution in [3.05, 3.63) is 59.7 Å². The first kappa shape index (κ1) is 18.0. The second kappa shape index (κ2) is 9.04. The minimum atomic E-state index is -0.0814. The van der Waals surface area contributed by atoms with Crippen molar-refractivity contribution in [3.8, 4) is 0 Å². The van der Waals surface area contributed by atoms with Crippen LogP contribution in [0.1, 0.15) is 18.1 Å². The molecule has 2 aromatic rings. The summed E-state index contributed by atoms with van der Waals surface area (Å²) in [5.74, 6) is 0.983. The third-order valence-corrected chi connectivity index (χ3v) is 5.52. The first-order chi connectivity index (χ1) is 11.0. The molecule has 0 saturated heterocycles. The Morgan fingerprint density at radius 2 is 1.48 bits per heavy atom. The topological polar surface area (TPSA) is 29.1 Å². The van der Waals surface area contributed by atoms with E-state index in [-0.39, 0.29) is 11.2 Å². The predicted molar refractivity (Wildman–Crippen MR) is 101 cm³/mol. The van der Waals surface area contributed by atoms with E-state index in [1.807, 2.05) is 6.92 Å². The molecule has 0 unspecified atom stereocenters. The fraction of sp³-hybridized carbons (Fsp3) is 0.316. The molecule has 1 atom stereocenters. The zero-order chi connectivity index (χ0) is 16.7. The smallest absolute Gasteiger partial charge is 0.233 e. The molecule has 0 aliphatic carbocycles. The van der Waals surface area contributed by atoms with Crippen LogP contribution in [0.25, 0.3) is 0 Å². The average molecular weight is 346 g/mol. The maximum atomic E-state index is 12.1. The van der Waals surface area contributed by atoms with E-state index in [2.05, 4.69) is 67.7 Å². The van der Waals surface area contributed by atoms with E-state index in [1.54, 1.807) is 23.5 Å². The molecule has 0 aliphatic heterocycles. The molecule has 2 nitrogen and oxygen atoms in total. The molecule has 0 bridgehead atoms. The van der Waals surface area contributed by atoms with E-state index in [0.29, 0.717) is 6.54 Å². The number of amides is 1. The molecule has 0 heterocycles. The minimum absolute atomic E-state index is 0.0814. The quantitative estimate of drug-likeness (QED) is 0.583. The highest BCUT2D eigenvalue weighted by Crippen LogP contribution is 2.23. The zero-order valence-corrected chi connectivity index (χ0v) is 15.5. The van der Waals surface area contributed by atoms with E-state index in [9.17, 15) is 4.79 Å². The molecule has 0 radical (unpaired) electrons. The summed E-state index contributed by atoms with van der Waals surface area (Å²) in [6, 6.07) is 16.8. The molecular weight excluding hydrogens is 322 g/mol. The van der Waals surface area contributed by atoms with Gasteiger partial charge < -0.3 is 5.32 Å². The van der Waals surface area contributed by atoms with Gasteiger partial charge >= 0.3 is 0 Å². The van der Waals surface area contributed by atoms with Gasteiger partial charge in [-0.3, -0.25) is 4.79 Å². The van der Waals surface area contributed by atoms with Crippen molar-refractivity contribution in [2.24, 2.45) is 0 Å². The number of carbonyl (C=O) groups is 1. The van der Waals surface area contributed by atoms with Gasteiger partial charge in [0.15, 0.2) is 0 Å². The highest BCUT2D eigenvalue weighted by molar-refractivity contribution is 8.00. The Hall–Kier alpha value is -1.39. The molecule has 0 saturated carbocycles. The summed E-state index contributed by atoms with van der Waals surface area (Å²) >= 11 is 3.36. The Kier molecular flexibility index (Phi) is 7.06. The van der Waals surface area contributed by atoms with Gasteiger partial charge in [-0.05, 0) is 45.0 Å². The fourth-order valence-corrected chi connectivity index (χ4v) is 3.66. The molecule has 0 aromatic heterocycles. The summed E-state index contributed by atoms with van der Waals surface area (Å²) < 4.78 is 0. The van der Waals surface area contributed by atoms with Crippen LogP contribution in [0.3, 0.4) is 0 Å². The second-order valence-electron chi connectivity index (χ2n) is 5.53. The van der Waals surface area contributed by atoms with Crippen LogP contribution in [0.2, 0.25) is 0 Å². The maximum Gasteiger partial charge on any atom is 0.233 e. The number of nitrogens with one attached hydrogen (secondary N) is 1. The average Bonchev–Trinajstić information content (AvgIpc) is 2.55. The molecule has 0 aliphatic rings. The van der Waals surface area contributed by atoms with Crippen LogP contribution >= 0.6 is 23.5 Å². The first-order valence-corrected chi connectivity index (χ1v) is 9.61. The lowest BCUT2D eigenvalue weighted by Crippen LogP contribution is -2.32. The molecule has 1 amide bonds. The Morgan fingerprint density at radius 1 is 0.957 bits per heavy atom. The van der Waals surface area contributed by atoms with Crippen LogP contribution < -0.4 is 5.32 Å². The summed E-state index contributed by atoms with van der Waals surface area (Å²) in [6.07, 6.45) is 0. The Labute approximate surface area is 147 Å². The van der Waals surface area contributed by atoms with Gasteiger partial charge in [-0.2, -0.15) is 0 Å². The monoisotopic (exact) mass is 345 g/mol. The summed E-state index contributed by atoms with van der Waals surface area (Å²) in [5, 5.41) is 2.93. The number of benzene rings is 2. The third-order valence-electron chi connectivity index (χ3n) is 3.39. The summed E-state index contributed by atoms with van der Waals surface area (Å²) in [6.45, 7) is 6.79. The Morgan fingerprint density at radius 3 is 2.04 bits per heavy atom. The number of rotatable bonds is 7. The van der Waals surface area contributed by atoms with Crippen molar-refractivity contribution in [1.82, 2.24) is 5.32 Å². The summed E-state index contributed by atoms with van der Waals surface area (Å²) in [5.41, 5.74) is 2.50. The van der Waals surface area contributed by atoms with Crippen molar-refractivity contribution < 1.29 is 4.79 Å². The van der Waals surface area contributed by atoms with Gasteiger partial charge in [0, 0.05) is 22.1 Å². The van der Waals surface area contributed by atoms with Crippen LogP contribution in [0, 0.1) is 13.8 Å². The van der Waals surface area contributed by atoms with Crippen molar-refractivity contribution in [2.75, 3.05) is 12.3 Å². The molecule has 122 valence electrons. The lowest BCUT2D eigenvalue weighted by molar-refractivity contribution is -0.120. The molecule has 4 heteroatoms. The van der Waals surface area contributed by atoms with Gasteiger partial charge in [-0.15, -0.1) is 23.5 Å². The molecule has 2 rings (SSSR count). The highest BCUT2D eigenvalue weighted by atomic mass is 32.2. The molecule has 0 spiro atoms. The molecule has 2 aromatic carbocycles. The van der Waals surface area contributed by atoms with Crippen LogP contribution in [0.15, 0.2) is 58.3 Å². The van der Waals surface area contributed by atoms with Crippen molar-refractivity contribution >= 4 is 29.4 Å². The van der Waals surface area contributed by atoms with Gasteiger partial charge in [-0.25, -0.2) is 0 Å². The van der Waals surface area contributed by atoms with E-state index < -0.39 is 0 Å². The normalized spacial score (nSPS) is 12.0. The van der Waals surface area contributed by atoms with Gasteiger partial charge in [0.25, 0.3) is 0 Å². The summed E-state index contributed by atoms with van der Waals surface area (Å²) in [4.78, 5) is 14.5. The van der Waals surface area contributed by atoms with E-state index in [4.69, 9.17) is 0 Å². The van der Waals surface area contributed by atoms with Crippen molar-refractivity contribution in [1.29, 1.82) is 0 Å². The number of carbonyl (C=O) groups excluding carboxylic acids is 1. The lowest BCUT2D eigenvalue weighted by Gasteiger charge is -2.12. The first-order valence-electron chi connectivity index (χ1n) is 7.75. The molecule has 0 fully saturated rings. The van der Waals surface area contributed by atoms with Gasteiger partial charge in [0.05, 0.1) is 5.25 Å². The maximum absolute atomic E-state index is 12.1. The van der Waals surface area contributed by atoms with Crippen LogP contribution in [0.4, 0.5) is 0 Å². The summed E-state index contributed by atoms with van der Waals surface area (Å²) in [7, 11) is 0. The molecule has 1 N–H and O–H groups in total. The number of thioether (sulfide) groups is 2. The van der Waals surface area contributed by atoms with Gasteiger partial charge in [0.1, 0.15) is 0 Å². The van der Waals surface area contributed by atoms with Crippen molar-refractivity contribution in [3.63, 3.8) is 0 Å². The van der Waals surface area contributed by atoms with Crippen LogP contribution in [0.5, 0.6) is 0 Å². The van der Waals surface area contributed by atoms with E-state index in [0.717, 1.165) is 10.6 Å². The van der Waals surface area contributed by atoms with Crippen LogP contribution in [-0.4, -0.2) is 23.5 Å². The second-order valence-corrected chi connectivity index (χ2v) is 8.11. The van der Waals surface area contributed by atoms with E-state index in [1.165, 1.54) is 16.0 Å².